The molecule has 0 N–H and O–H groups in total. The van der Waals surface area contributed by atoms with Crippen molar-refractivity contribution in [1.29, 1.82) is 0 Å². The Kier molecular flexibility index (Phi) is 6.98. The lowest BCUT2D eigenvalue weighted by atomic mass is 10.2. The van der Waals surface area contributed by atoms with Crippen molar-refractivity contribution in [2.45, 2.75) is 0 Å². The molecule has 4 nitrogen and oxygen atoms in total. The lowest BCUT2D eigenvalue weighted by Gasteiger charge is -2.06. The lowest BCUT2D eigenvalue weighted by Crippen LogP contribution is -2.06. The molecule has 3 aromatic carbocycles. The van der Waals surface area contributed by atoms with Crippen LogP contribution in [0.2, 0.25) is 5.02 Å². The molecule has 29 heavy (non-hydrogen) atoms. The van der Waals surface area contributed by atoms with Gasteiger partial charge in [-0.3, -0.25) is 0 Å². The number of hydrogen-bond acceptors (Lipinski definition) is 4. The normalized spacial score (nSPS) is 10.9. The highest BCUT2D eigenvalue weighted by atomic mass is 35.5. The Morgan fingerprint density at radius 3 is 1.72 bits per heavy atom. The quantitative estimate of drug-likeness (QED) is 0.306. The third-order valence-electron chi connectivity index (χ3n) is 3.76. The van der Waals surface area contributed by atoms with Crippen LogP contribution in [-0.4, -0.2) is 11.9 Å². The summed E-state index contributed by atoms with van der Waals surface area (Å²) in [4.78, 5) is 23.9. The first-order valence-corrected chi connectivity index (χ1v) is 9.17. The van der Waals surface area contributed by atoms with E-state index in [1.807, 2.05) is 60.7 Å². The molecule has 3 rings (SSSR count). The predicted molar refractivity (Wildman–Crippen MR) is 114 cm³/mol. The van der Waals surface area contributed by atoms with Crippen LogP contribution in [-0.2, 0) is 9.59 Å². The number of halogens is 1. The zero-order valence-electron chi connectivity index (χ0n) is 15.3. The molecule has 0 saturated carbocycles. The molecule has 5 heteroatoms. The Morgan fingerprint density at radius 2 is 1.21 bits per heavy atom. The maximum atomic E-state index is 12.0. The highest BCUT2D eigenvalue weighted by Crippen LogP contribution is 2.29. The predicted octanol–water partition coefficient (Wildman–Crippen LogP) is 5.58. The van der Waals surface area contributed by atoms with E-state index in [0.29, 0.717) is 0 Å². The van der Waals surface area contributed by atoms with E-state index in [9.17, 15) is 9.59 Å². The van der Waals surface area contributed by atoms with Crippen molar-refractivity contribution in [3.63, 3.8) is 0 Å². The third-order valence-corrected chi connectivity index (χ3v) is 4.05. The van der Waals surface area contributed by atoms with Gasteiger partial charge in [-0.25, -0.2) is 9.59 Å². The summed E-state index contributed by atoms with van der Waals surface area (Å²) in [5.74, 6) is -0.682. The zero-order valence-corrected chi connectivity index (χ0v) is 16.1. The fourth-order valence-corrected chi connectivity index (χ4v) is 2.59. The summed E-state index contributed by atoms with van der Waals surface area (Å²) in [5, 5.41) is 0.156. The molecule has 0 aliphatic heterocycles. The van der Waals surface area contributed by atoms with Crippen LogP contribution in [0.5, 0.6) is 11.5 Å². The molecule has 0 atom stereocenters. The van der Waals surface area contributed by atoms with Crippen molar-refractivity contribution >= 4 is 35.7 Å². The lowest BCUT2D eigenvalue weighted by molar-refractivity contribution is -0.130. The molecular formula is C24H17ClO4. The monoisotopic (exact) mass is 404 g/mol. The Balaban J connectivity index is 1.58. The molecule has 0 aliphatic carbocycles. The topological polar surface area (TPSA) is 52.6 Å². The molecule has 0 spiro atoms. The van der Waals surface area contributed by atoms with E-state index in [1.165, 1.54) is 30.4 Å². The molecule has 0 amide bonds. The number of carbonyl (C=O) groups excluding carboxylic acids is 2. The molecule has 144 valence electrons. The van der Waals surface area contributed by atoms with Crippen LogP contribution in [0.3, 0.4) is 0 Å². The highest BCUT2D eigenvalue weighted by Gasteiger charge is 2.09. The van der Waals surface area contributed by atoms with Crippen molar-refractivity contribution in [2.24, 2.45) is 0 Å². The molecule has 0 saturated heterocycles. The Labute approximate surface area is 173 Å². The van der Waals surface area contributed by atoms with E-state index in [4.69, 9.17) is 21.1 Å². The summed E-state index contributed by atoms with van der Waals surface area (Å²) in [6.07, 6.45) is 5.93. The molecular weight excluding hydrogens is 388 g/mol. The van der Waals surface area contributed by atoms with Crippen LogP contribution in [0.25, 0.3) is 12.2 Å². The van der Waals surface area contributed by atoms with Crippen molar-refractivity contribution in [3.8, 4) is 11.5 Å². The SMILES string of the molecule is O=C(/C=C/c1ccccc1)Oc1ccc(OC(=O)/C=C/c2ccccc2)c(Cl)c1. The Bertz CT molecular complexity index is 1040. The number of carbonyl (C=O) groups is 2. The summed E-state index contributed by atoms with van der Waals surface area (Å²) >= 11 is 6.14. The van der Waals surface area contributed by atoms with Gasteiger partial charge in [0.15, 0.2) is 0 Å². The summed E-state index contributed by atoms with van der Waals surface area (Å²) in [6, 6.07) is 23.1. The van der Waals surface area contributed by atoms with Gasteiger partial charge in [0.1, 0.15) is 11.5 Å². The van der Waals surface area contributed by atoms with Crippen LogP contribution in [0.1, 0.15) is 11.1 Å². The molecule has 0 aliphatic rings. The number of ether oxygens (including phenoxy) is 2. The van der Waals surface area contributed by atoms with Gasteiger partial charge in [-0.2, -0.15) is 0 Å². The largest absolute Gasteiger partial charge is 0.423 e. The molecule has 0 heterocycles. The Morgan fingerprint density at radius 1 is 0.690 bits per heavy atom. The van der Waals surface area contributed by atoms with Gasteiger partial charge in [0.05, 0.1) is 5.02 Å². The van der Waals surface area contributed by atoms with Gasteiger partial charge in [-0.05, 0) is 35.4 Å². The highest BCUT2D eigenvalue weighted by molar-refractivity contribution is 6.32. The van der Waals surface area contributed by atoms with E-state index in [1.54, 1.807) is 12.2 Å². The first kappa shape index (κ1) is 20.1. The smallest absolute Gasteiger partial charge is 0.336 e. The second-order valence-corrected chi connectivity index (χ2v) is 6.33. The van der Waals surface area contributed by atoms with E-state index in [-0.39, 0.29) is 16.5 Å². The van der Waals surface area contributed by atoms with E-state index in [0.717, 1.165) is 11.1 Å². The van der Waals surface area contributed by atoms with Crippen LogP contribution in [0.4, 0.5) is 0 Å². The fourth-order valence-electron chi connectivity index (χ4n) is 2.38. The van der Waals surface area contributed by atoms with E-state index in [2.05, 4.69) is 0 Å². The minimum atomic E-state index is -0.564. The number of hydrogen-bond donors (Lipinski definition) is 0. The Hall–Kier alpha value is -3.63. The zero-order chi connectivity index (χ0) is 20.5. The van der Waals surface area contributed by atoms with E-state index >= 15 is 0 Å². The molecule has 0 aromatic heterocycles. The fraction of sp³-hybridized carbons (Fsp3) is 0. The van der Waals surface area contributed by atoms with Crippen molar-refractivity contribution < 1.29 is 19.1 Å². The van der Waals surface area contributed by atoms with Gasteiger partial charge >= 0.3 is 11.9 Å². The average molecular weight is 405 g/mol. The van der Waals surface area contributed by atoms with Gasteiger partial charge in [-0.1, -0.05) is 72.3 Å². The van der Waals surface area contributed by atoms with Gasteiger partial charge in [0, 0.05) is 18.2 Å². The molecule has 0 fully saturated rings. The second-order valence-electron chi connectivity index (χ2n) is 5.92. The molecule has 0 unspecified atom stereocenters. The number of rotatable bonds is 6. The van der Waals surface area contributed by atoms with Crippen LogP contribution >= 0.6 is 11.6 Å². The summed E-state index contributed by atoms with van der Waals surface area (Å²) in [6.45, 7) is 0. The molecule has 0 bridgehead atoms. The van der Waals surface area contributed by atoms with Gasteiger partial charge in [0.25, 0.3) is 0 Å². The first-order chi connectivity index (χ1) is 14.1. The standard InChI is InChI=1S/C24H17ClO4/c25-21-17-20(28-23(26)15-11-18-7-3-1-4-8-18)13-14-22(21)29-24(27)16-12-19-9-5-2-6-10-19/h1-17H/b15-11+,16-12+. The summed E-state index contributed by atoms with van der Waals surface area (Å²) in [7, 11) is 0. The van der Waals surface area contributed by atoms with Crippen molar-refractivity contribution in [1.82, 2.24) is 0 Å². The van der Waals surface area contributed by atoms with Crippen LogP contribution in [0, 0.1) is 0 Å². The number of esters is 2. The van der Waals surface area contributed by atoms with Gasteiger partial charge < -0.3 is 9.47 Å². The van der Waals surface area contributed by atoms with Gasteiger partial charge in [-0.15, -0.1) is 0 Å². The average Bonchev–Trinajstić information content (AvgIpc) is 2.74. The third kappa shape index (κ3) is 6.48. The van der Waals surface area contributed by atoms with Crippen LogP contribution < -0.4 is 9.47 Å². The summed E-state index contributed by atoms with van der Waals surface area (Å²) in [5.41, 5.74) is 1.76. The van der Waals surface area contributed by atoms with Gasteiger partial charge in [0.2, 0.25) is 0 Å². The summed E-state index contributed by atoms with van der Waals surface area (Å²) < 4.78 is 10.4. The van der Waals surface area contributed by atoms with Crippen molar-refractivity contribution in [2.75, 3.05) is 0 Å². The maximum Gasteiger partial charge on any atom is 0.336 e. The number of benzene rings is 3. The second kappa shape index (κ2) is 10.1. The maximum absolute atomic E-state index is 12.0. The first-order valence-electron chi connectivity index (χ1n) is 8.79. The molecule has 3 aromatic rings. The minimum Gasteiger partial charge on any atom is -0.423 e. The minimum absolute atomic E-state index is 0.156. The van der Waals surface area contributed by atoms with E-state index < -0.39 is 11.9 Å². The molecule has 0 radical (unpaired) electrons. The van der Waals surface area contributed by atoms with Crippen molar-refractivity contribution in [3.05, 3.63) is 107 Å². The van der Waals surface area contributed by atoms with Crippen LogP contribution in [0.15, 0.2) is 91.0 Å².